The fourth-order valence-electron chi connectivity index (χ4n) is 6.07. The molecule has 1 heterocycles. The van der Waals surface area contributed by atoms with Gasteiger partial charge >= 0.3 is 0 Å². The van der Waals surface area contributed by atoms with Crippen molar-refractivity contribution in [3.63, 3.8) is 0 Å². The molecular formula is C29H38INO4. The smallest absolute Gasteiger partial charge is 0.174 e. The Bertz CT molecular complexity index is 1070. The molecule has 0 fully saturated rings. The summed E-state index contributed by atoms with van der Waals surface area (Å²) in [5, 5.41) is 0. The van der Waals surface area contributed by atoms with Crippen LogP contribution < -0.4 is 9.47 Å². The van der Waals surface area contributed by atoms with Crippen LogP contribution in [0.3, 0.4) is 0 Å². The number of carbonyl (C=O) groups is 2. The summed E-state index contributed by atoms with van der Waals surface area (Å²) in [6, 6.07) is 4.05. The van der Waals surface area contributed by atoms with E-state index in [9.17, 15) is 9.59 Å². The number of ether oxygens (including phenoxy) is 2. The van der Waals surface area contributed by atoms with Gasteiger partial charge in [0.15, 0.2) is 23.1 Å². The maximum atomic E-state index is 13.8. The van der Waals surface area contributed by atoms with E-state index < -0.39 is 0 Å². The maximum absolute atomic E-state index is 13.8. The lowest BCUT2D eigenvalue weighted by Crippen LogP contribution is -2.44. The molecule has 1 aromatic carbocycles. The summed E-state index contributed by atoms with van der Waals surface area (Å²) >= 11 is 2.27. The second-order valence-electron chi connectivity index (χ2n) is 11.7. The van der Waals surface area contributed by atoms with Gasteiger partial charge in [-0.1, -0.05) is 34.6 Å². The van der Waals surface area contributed by atoms with E-state index in [4.69, 9.17) is 9.47 Å². The molecule has 3 aliphatic rings. The average Bonchev–Trinajstić information content (AvgIpc) is 2.74. The largest absolute Gasteiger partial charge is 0.493 e. The summed E-state index contributed by atoms with van der Waals surface area (Å²) in [5.41, 5.74) is 4.58. The fourth-order valence-corrected chi connectivity index (χ4v) is 6.85. The number of ketones is 2. The van der Waals surface area contributed by atoms with Gasteiger partial charge in [0.05, 0.1) is 17.3 Å². The summed E-state index contributed by atoms with van der Waals surface area (Å²) < 4.78 is 12.5. The van der Waals surface area contributed by atoms with Crippen molar-refractivity contribution in [1.29, 1.82) is 0 Å². The molecule has 190 valence electrons. The first kappa shape index (κ1) is 26.2. The second kappa shape index (κ2) is 9.56. The standard InChI is InChI=1S/C29H38INO4/c1-8-10-31-19-13-28(3,4)15-21(32)25(19)24(26-20(31)14-29(5,6)16-22(26)33)17-11-18(30)27(35-9-2)23(12-17)34-7/h11-12,24H,8-10,13-16H2,1-7H3. The van der Waals surface area contributed by atoms with Gasteiger partial charge in [0.2, 0.25) is 0 Å². The van der Waals surface area contributed by atoms with Crippen molar-refractivity contribution < 1.29 is 19.1 Å². The van der Waals surface area contributed by atoms with Gasteiger partial charge in [0, 0.05) is 47.8 Å². The SMILES string of the molecule is CCCN1C2=C(C(=O)CC(C)(C)C2)C(c2cc(I)c(OCC)c(OC)c2)C2=C1CC(C)(C)CC2=O. The third-order valence-electron chi connectivity index (χ3n) is 7.34. The molecule has 1 aromatic rings. The van der Waals surface area contributed by atoms with Crippen molar-refractivity contribution in [1.82, 2.24) is 4.90 Å². The second-order valence-corrected chi connectivity index (χ2v) is 12.8. The van der Waals surface area contributed by atoms with E-state index in [-0.39, 0.29) is 28.3 Å². The van der Waals surface area contributed by atoms with E-state index >= 15 is 0 Å². The van der Waals surface area contributed by atoms with Crippen LogP contribution in [-0.2, 0) is 9.59 Å². The van der Waals surface area contributed by atoms with Crippen LogP contribution in [0, 0.1) is 14.4 Å². The molecule has 0 saturated heterocycles. The number of benzene rings is 1. The van der Waals surface area contributed by atoms with Crippen LogP contribution in [-0.4, -0.2) is 36.7 Å². The molecule has 5 nitrogen and oxygen atoms in total. The fraction of sp³-hybridized carbons (Fsp3) is 0.586. The van der Waals surface area contributed by atoms with E-state index in [0.29, 0.717) is 30.9 Å². The van der Waals surface area contributed by atoms with E-state index in [1.807, 2.05) is 13.0 Å². The minimum atomic E-state index is -0.363. The molecule has 0 atom stereocenters. The lowest BCUT2D eigenvalue weighted by Gasteiger charge is -2.49. The zero-order chi connectivity index (χ0) is 25.7. The number of halogens is 1. The lowest BCUT2D eigenvalue weighted by molar-refractivity contribution is -0.119. The Morgan fingerprint density at radius 3 is 1.94 bits per heavy atom. The highest BCUT2D eigenvalue weighted by Crippen LogP contribution is 2.55. The summed E-state index contributed by atoms with van der Waals surface area (Å²) in [4.78, 5) is 30.0. The van der Waals surface area contributed by atoms with Gasteiger partial charge in [-0.2, -0.15) is 0 Å². The third-order valence-corrected chi connectivity index (χ3v) is 8.14. The molecule has 1 aliphatic heterocycles. The predicted molar refractivity (Wildman–Crippen MR) is 147 cm³/mol. The molecular weight excluding hydrogens is 553 g/mol. The maximum Gasteiger partial charge on any atom is 0.174 e. The Morgan fingerprint density at radius 1 is 0.943 bits per heavy atom. The summed E-state index contributed by atoms with van der Waals surface area (Å²) in [5.74, 6) is 1.31. The zero-order valence-electron chi connectivity index (χ0n) is 22.1. The number of methoxy groups -OCH3 is 1. The van der Waals surface area contributed by atoms with Gasteiger partial charge in [0.25, 0.3) is 0 Å². The molecule has 4 rings (SSSR count). The topological polar surface area (TPSA) is 55.8 Å². The number of hydrogen-bond acceptors (Lipinski definition) is 5. The monoisotopic (exact) mass is 591 g/mol. The summed E-state index contributed by atoms with van der Waals surface area (Å²) in [6.07, 6.45) is 3.62. The molecule has 6 heteroatoms. The summed E-state index contributed by atoms with van der Waals surface area (Å²) in [7, 11) is 1.64. The van der Waals surface area contributed by atoms with Crippen LogP contribution in [0.4, 0.5) is 0 Å². The zero-order valence-corrected chi connectivity index (χ0v) is 24.3. The van der Waals surface area contributed by atoms with Crippen molar-refractivity contribution in [2.45, 2.75) is 79.6 Å². The number of rotatable bonds is 6. The number of hydrogen-bond donors (Lipinski definition) is 0. The van der Waals surface area contributed by atoms with Crippen molar-refractivity contribution in [2.75, 3.05) is 20.3 Å². The van der Waals surface area contributed by atoms with Crippen molar-refractivity contribution >= 4 is 34.2 Å². The van der Waals surface area contributed by atoms with Gasteiger partial charge in [-0.25, -0.2) is 0 Å². The van der Waals surface area contributed by atoms with Gasteiger partial charge in [0.1, 0.15) is 0 Å². The first-order chi connectivity index (χ1) is 16.4. The Morgan fingerprint density at radius 2 is 1.49 bits per heavy atom. The Labute approximate surface area is 223 Å². The van der Waals surface area contributed by atoms with Crippen molar-refractivity contribution in [2.24, 2.45) is 10.8 Å². The molecule has 0 saturated carbocycles. The highest BCUT2D eigenvalue weighted by atomic mass is 127. The molecule has 2 aliphatic carbocycles. The van der Waals surface area contributed by atoms with E-state index in [2.05, 4.69) is 68.2 Å². The van der Waals surface area contributed by atoms with Gasteiger partial charge < -0.3 is 14.4 Å². The Kier molecular flexibility index (Phi) is 7.17. The third kappa shape index (κ3) is 4.79. The number of allylic oxidation sites excluding steroid dienone is 4. The lowest BCUT2D eigenvalue weighted by atomic mass is 9.63. The molecule has 0 bridgehead atoms. The minimum absolute atomic E-state index is 0.107. The van der Waals surface area contributed by atoms with Gasteiger partial charge in [-0.05, 0) is 77.3 Å². The van der Waals surface area contributed by atoms with Crippen LogP contribution in [0.15, 0.2) is 34.7 Å². The molecule has 0 spiro atoms. The molecule has 0 N–H and O–H groups in total. The highest BCUT2D eigenvalue weighted by Gasteiger charge is 2.49. The number of Topliss-reactive ketones (excluding diaryl/α,β-unsaturated/α-hetero) is 2. The van der Waals surface area contributed by atoms with Crippen LogP contribution >= 0.6 is 22.6 Å². The van der Waals surface area contributed by atoms with Crippen LogP contribution in [0.1, 0.15) is 85.1 Å². The van der Waals surface area contributed by atoms with Crippen molar-refractivity contribution in [3.8, 4) is 11.5 Å². The van der Waals surface area contributed by atoms with Crippen LogP contribution in [0.2, 0.25) is 0 Å². The first-order valence-electron chi connectivity index (χ1n) is 12.7. The van der Waals surface area contributed by atoms with Crippen LogP contribution in [0.5, 0.6) is 11.5 Å². The van der Waals surface area contributed by atoms with E-state index in [0.717, 1.165) is 57.5 Å². The number of carbonyl (C=O) groups excluding carboxylic acids is 2. The molecule has 0 amide bonds. The quantitative estimate of drug-likeness (QED) is 0.341. The molecule has 35 heavy (non-hydrogen) atoms. The molecule has 0 aromatic heterocycles. The van der Waals surface area contributed by atoms with Gasteiger partial charge in [-0.3, -0.25) is 9.59 Å². The Balaban J connectivity index is 2.01. The normalized spacial score (nSPS) is 21.8. The van der Waals surface area contributed by atoms with Gasteiger partial charge in [-0.15, -0.1) is 0 Å². The Hall–Kier alpha value is -1.83. The minimum Gasteiger partial charge on any atom is -0.493 e. The van der Waals surface area contributed by atoms with E-state index in [1.165, 1.54) is 0 Å². The number of nitrogens with zero attached hydrogens (tertiary/aromatic N) is 1. The molecule has 0 unspecified atom stereocenters. The van der Waals surface area contributed by atoms with Crippen molar-refractivity contribution in [3.05, 3.63) is 43.8 Å². The predicted octanol–water partition coefficient (Wildman–Crippen LogP) is 6.79. The average molecular weight is 592 g/mol. The van der Waals surface area contributed by atoms with Crippen LogP contribution in [0.25, 0.3) is 0 Å². The molecule has 0 radical (unpaired) electrons. The first-order valence-corrected chi connectivity index (χ1v) is 13.8. The van der Waals surface area contributed by atoms with E-state index in [1.54, 1.807) is 7.11 Å². The highest BCUT2D eigenvalue weighted by molar-refractivity contribution is 14.1. The summed E-state index contributed by atoms with van der Waals surface area (Å²) in [6.45, 7) is 14.2.